The number of thioether (sulfide) groups is 1. The Balaban J connectivity index is 2.36. The molecule has 0 aliphatic heterocycles. The van der Waals surface area contributed by atoms with Crippen molar-refractivity contribution in [3.63, 3.8) is 0 Å². The third-order valence-corrected chi connectivity index (χ3v) is 2.67. The van der Waals surface area contributed by atoms with Crippen LogP contribution in [0, 0.1) is 0 Å². The Kier molecular flexibility index (Phi) is 5.26. The van der Waals surface area contributed by atoms with Crippen molar-refractivity contribution in [2.75, 3.05) is 24.7 Å². The van der Waals surface area contributed by atoms with Crippen molar-refractivity contribution >= 4 is 23.5 Å². The Morgan fingerprint density at radius 2 is 2.17 bits per heavy atom. The molecule has 0 aromatic carbocycles. The monoisotopic (exact) mass is 279 g/mol. The smallest absolute Gasteiger partial charge is 0.373 e. The molecule has 1 heterocycles. The fourth-order valence-corrected chi connectivity index (χ4v) is 1.55. The van der Waals surface area contributed by atoms with Gasteiger partial charge < -0.3 is 10.6 Å². The Bertz CT molecular complexity index is 394. The normalized spacial score (nSPS) is 11.1. The molecule has 1 amide bonds. The average molecular weight is 279 g/mol. The number of aromatic nitrogens is 1. The first-order valence-electron chi connectivity index (χ1n) is 5.05. The summed E-state index contributed by atoms with van der Waals surface area (Å²) in [5.74, 6) is -0.0378. The predicted molar refractivity (Wildman–Crippen MR) is 64.6 cm³/mol. The van der Waals surface area contributed by atoms with E-state index in [1.807, 2.05) is 0 Å². The maximum absolute atomic E-state index is 11.8. The van der Waals surface area contributed by atoms with E-state index in [4.69, 9.17) is 0 Å². The molecule has 1 aromatic heterocycles. The summed E-state index contributed by atoms with van der Waals surface area (Å²) < 4.78 is 35.5. The first-order valence-corrected chi connectivity index (χ1v) is 6.03. The molecule has 0 aliphatic rings. The lowest BCUT2D eigenvalue weighted by molar-refractivity contribution is -0.0327. The van der Waals surface area contributed by atoms with Crippen LogP contribution >= 0.6 is 11.8 Å². The molecule has 2 N–H and O–H groups in total. The number of alkyl halides is 3. The lowest BCUT2D eigenvalue weighted by Crippen LogP contribution is -2.26. The summed E-state index contributed by atoms with van der Waals surface area (Å²) >= 11 is -0.164. The van der Waals surface area contributed by atoms with Gasteiger partial charge in [0.25, 0.3) is 5.91 Å². The molecule has 0 unspecified atom stereocenters. The number of nitrogens with one attached hydrogen (secondary N) is 2. The number of halogens is 3. The van der Waals surface area contributed by atoms with Gasteiger partial charge in [-0.05, 0) is 23.9 Å². The van der Waals surface area contributed by atoms with Gasteiger partial charge in [0.1, 0.15) is 5.82 Å². The Morgan fingerprint density at radius 3 is 2.67 bits per heavy atom. The van der Waals surface area contributed by atoms with Crippen LogP contribution in [-0.2, 0) is 0 Å². The van der Waals surface area contributed by atoms with Gasteiger partial charge in [0.05, 0.1) is 5.56 Å². The van der Waals surface area contributed by atoms with Gasteiger partial charge in [-0.25, -0.2) is 4.98 Å². The number of hydrogen-bond donors (Lipinski definition) is 2. The molecule has 0 radical (unpaired) electrons. The maximum Gasteiger partial charge on any atom is 0.441 e. The first-order chi connectivity index (χ1) is 8.42. The number of hydrogen-bond acceptors (Lipinski definition) is 4. The van der Waals surface area contributed by atoms with Crippen LogP contribution in [0.4, 0.5) is 19.0 Å². The molecular formula is C10H12F3N3OS. The molecule has 1 aromatic rings. The number of carbonyl (C=O) groups excluding carboxylic acids is 1. The quantitative estimate of drug-likeness (QED) is 0.811. The van der Waals surface area contributed by atoms with E-state index in [1.54, 1.807) is 19.2 Å². The maximum atomic E-state index is 11.8. The van der Waals surface area contributed by atoms with Gasteiger partial charge in [-0.1, -0.05) is 0 Å². The number of carbonyl (C=O) groups is 1. The first kappa shape index (κ1) is 14.6. The predicted octanol–water partition coefficient (Wildman–Crippen LogP) is 2.11. The van der Waals surface area contributed by atoms with E-state index >= 15 is 0 Å². The lowest BCUT2D eigenvalue weighted by atomic mass is 10.2. The molecule has 1 rings (SSSR count). The zero-order valence-corrected chi connectivity index (χ0v) is 10.4. The molecule has 0 aliphatic carbocycles. The highest BCUT2D eigenvalue weighted by Gasteiger charge is 2.27. The summed E-state index contributed by atoms with van der Waals surface area (Å²) in [5.41, 5.74) is -3.95. The van der Waals surface area contributed by atoms with E-state index in [9.17, 15) is 18.0 Å². The summed E-state index contributed by atoms with van der Waals surface area (Å²) in [6.45, 7) is -0.0449. The number of rotatable bonds is 5. The molecule has 0 saturated carbocycles. The summed E-state index contributed by atoms with van der Waals surface area (Å²) in [7, 11) is 1.69. The van der Waals surface area contributed by atoms with Gasteiger partial charge in [0, 0.05) is 25.5 Å². The van der Waals surface area contributed by atoms with Crippen LogP contribution in [0.3, 0.4) is 0 Å². The summed E-state index contributed by atoms with van der Waals surface area (Å²) in [4.78, 5) is 15.4. The molecule has 18 heavy (non-hydrogen) atoms. The van der Waals surface area contributed by atoms with E-state index in [2.05, 4.69) is 15.6 Å². The minimum Gasteiger partial charge on any atom is -0.373 e. The summed E-state index contributed by atoms with van der Waals surface area (Å²) in [6, 6.07) is 3.16. The van der Waals surface area contributed by atoms with Crippen LogP contribution in [0.1, 0.15) is 10.4 Å². The SMILES string of the molecule is CNc1ccc(C(=O)NCCSC(F)(F)F)cn1. The topological polar surface area (TPSA) is 54.0 Å². The standard InChI is InChI=1S/C10H12F3N3OS/c1-14-8-3-2-7(6-16-8)9(17)15-4-5-18-10(11,12)13/h2-3,6H,4-5H2,1H3,(H,14,16)(H,15,17). The molecule has 0 spiro atoms. The van der Waals surface area contributed by atoms with Gasteiger partial charge in [-0.15, -0.1) is 0 Å². The second kappa shape index (κ2) is 6.48. The van der Waals surface area contributed by atoms with Crippen molar-refractivity contribution in [3.8, 4) is 0 Å². The van der Waals surface area contributed by atoms with Crippen molar-refractivity contribution in [2.45, 2.75) is 5.51 Å². The van der Waals surface area contributed by atoms with Gasteiger partial charge in [0.15, 0.2) is 0 Å². The van der Waals surface area contributed by atoms with Crippen molar-refractivity contribution < 1.29 is 18.0 Å². The van der Waals surface area contributed by atoms with E-state index in [0.29, 0.717) is 11.4 Å². The zero-order chi connectivity index (χ0) is 13.6. The largest absolute Gasteiger partial charge is 0.441 e. The minimum absolute atomic E-state index is 0.0449. The van der Waals surface area contributed by atoms with Crippen molar-refractivity contribution in [1.82, 2.24) is 10.3 Å². The van der Waals surface area contributed by atoms with Crippen molar-refractivity contribution in [2.24, 2.45) is 0 Å². The molecule has 0 fully saturated rings. The van der Waals surface area contributed by atoms with Gasteiger partial charge in [0.2, 0.25) is 0 Å². The van der Waals surface area contributed by atoms with Gasteiger partial charge in [-0.2, -0.15) is 13.2 Å². The molecule has 0 saturated heterocycles. The highest BCUT2D eigenvalue weighted by Crippen LogP contribution is 2.29. The third-order valence-electron chi connectivity index (χ3n) is 1.94. The number of anilines is 1. The Hall–Kier alpha value is -1.44. The highest BCUT2D eigenvalue weighted by atomic mass is 32.2. The van der Waals surface area contributed by atoms with Crippen LogP contribution in [0.5, 0.6) is 0 Å². The molecule has 100 valence electrons. The third kappa shape index (κ3) is 5.26. The molecule has 0 atom stereocenters. The van der Waals surface area contributed by atoms with E-state index in [0.717, 1.165) is 0 Å². The Labute approximate surface area is 106 Å². The van der Waals surface area contributed by atoms with Crippen LogP contribution in [-0.4, -0.2) is 35.7 Å². The molecule has 4 nitrogen and oxygen atoms in total. The molecule has 8 heteroatoms. The van der Waals surface area contributed by atoms with Crippen LogP contribution < -0.4 is 10.6 Å². The fraction of sp³-hybridized carbons (Fsp3) is 0.400. The Morgan fingerprint density at radius 1 is 1.44 bits per heavy atom. The highest BCUT2D eigenvalue weighted by molar-refractivity contribution is 8.00. The van der Waals surface area contributed by atoms with Crippen molar-refractivity contribution in [3.05, 3.63) is 23.9 Å². The van der Waals surface area contributed by atoms with E-state index < -0.39 is 11.4 Å². The van der Waals surface area contributed by atoms with Gasteiger partial charge >= 0.3 is 5.51 Å². The fourth-order valence-electron chi connectivity index (χ4n) is 1.11. The van der Waals surface area contributed by atoms with Crippen LogP contribution in [0.2, 0.25) is 0 Å². The zero-order valence-electron chi connectivity index (χ0n) is 9.54. The number of pyridine rings is 1. The molecule has 0 bridgehead atoms. The second-order valence-corrected chi connectivity index (χ2v) is 4.39. The summed E-state index contributed by atoms with van der Waals surface area (Å²) in [6.07, 6.45) is 1.36. The van der Waals surface area contributed by atoms with E-state index in [-0.39, 0.29) is 24.1 Å². The van der Waals surface area contributed by atoms with Crippen LogP contribution in [0.15, 0.2) is 18.3 Å². The van der Waals surface area contributed by atoms with Crippen LogP contribution in [0.25, 0.3) is 0 Å². The van der Waals surface area contributed by atoms with E-state index in [1.165, 1.54) is 6.20 Å². The molecular weight excluding hydrogens is 267 g/mol. The lowest BCUT2D eigenvalue weighted by Gasteiger charge is -2.07. The minimum atomic E-state index is -4.26. The van der Waals surface area contributed by atoms with Crippen molar-refractivity contribution in [1.29, 1.82) is 0 Å². The van der Waals surface area contributed by atoms with Gasteiger partial charge in [-0.3, -0.25) is 4.79 Å². The average Bonchev–Trinajstić information content (AvgIpc) is 2.33. The number of amides is 1. The number of nitrogens with zero attached hydrogens (tertiary/aromatic N) is 1. The second-order valence-electron chi connectivity index (χ2n) is 3.23. The summed E-state index contributed by atoms with van der Waals surface area (Å²) in [5, 5.41) is 5.18.